The molecule has 0 heterocycles. The average Bonchev–Trinajstić information content (AvgIpc) is 2.72. The van der Waals surface area contributed by atoms with E-state index in [-0.39, 0.29) is 0 Å². The molecule has 2 aliphatic carbocycles. The first kappa shape index (κ1) is 12.9. The lowest BCUT2D eigenvalue weighted by Gasteiger charge is -2.17. The van der Waals surface area contributed by atoms with E-state index in [1.807, 2.05) is 0 Å². The molecular formula is C15H27NO. The summed E-state index contributed by atoms with van der Waals surface area (Å²) in [4.78, 5) is 11.9. The van der Waals surface area contributed by atoms with Gasteiger partial charge in [0.05, 0.1) is 0 Å². The summed E-state index contributed by atoms with van der Waals surface area (Å²) in [7, 11) is 0. The highest BCUT2D eigenvalue weighted by Gasteiger charge is 2.18. The molecule has 0 bridgehead atoms. The van der Waals surface area contributed by atoms with Crippen LogP contribution in [0, 0.1) is 5.92 Å². The van der Waals surface area contributed by atoms with E-state index in [1.165, 1.54) is 64.2 Å². The molecule has 0 aromatic heterocycles. The lowest BCUT2D eigenvalue weighted by atomic mass is 10.0. The molecule has 2 nitrogen and oxygen atoms in total. The Morgan fingerprint density at radius 2 is 1.47 bits per heavy atom. The smallest absolute Gasteiger partial charge is 0.220 e. The van der Waals surface area contributed by atoms with Gasteiger partial charge in [-0.1, -0.05) is 51.4 Å². The fraction of sp³-hybridized carbons (Fsp3) is 0.933. The van der Waals surface area contributed by atoms with Gasteiger partial charge in [0, 0.05) is 12.5 Å². The molecule has 0 aliphatic heterocycles. The largest absolute Gasteiger partial charge is 0.353 e. The van der Waals surface area contributed by atoms with Crippen molar-refractivity contribution in [3.8, 4) is 0 Å². The Morgan fingerprint density at radius 1 is 0.882 bits per heavy atom. The Labute approximate surface area is 106 Å². The van der Waals surface area contributed by atoms with Gasteiger partial charge in [-0.25, -0.2) is 0 Å². The number of amides is 1. The number of hydrogen-bond acceptors (Lipinski definition) is 1. The number of carbonyl (C=O) groups excluding carboxylic acids is 1. The van der Waals surface area contributed by atoms with Crippen molar-refractivity contribution in [2.75, 3.05) is 0 Å². The van der Waals surface area contributed by atoms with Crippen LogP contribution in [0.4, 0.5) is 0 Å². The second-order valence-corrected chi connectivity index (χ2v) is 5.95. The second kappa shape index (κ2) is 7.03. The average molecular weight is 237 g/mol. The molecule has 0 spiro atoms. The van der Waals surface area contributed by atoms with Gasteiger partial charge in [0.2, 0.25) is 5.91 Å². The Hall–Kier alpha value is -0.530. The molecule has 2 heteroatoms. The van der Waals surface area contributed by atoms with Crippen LogP contribution >= 0.6 is 0 Å². The summed E-state index contributed by atoms with van der Waals surface area (Å²) in [5.74, 6) is 1.15. The Kier molecular flexibility index (Phi) is 5.34. The number of hydrogen-bond donors (Lipinski definition) is 1. The maximum Gasteiger partial charge on any atom is 0.220 e. The minimum Gasteiger partial charge on any atom is -0.353 e. The molecule has 0 radical (unpaired) electrons. The maximum atomic E-state index is 11.9. The van der Waals surface area contributed by atoms with Crippen LogP contribution in [-0.4, -0.2) is 11.9 Å². The number of rotatable bonds is 4. The summed E-state index contributed by atoms with van der Waals surface area (Å²) in [6.07, 6.45) is 15.1. The van der Waals surface area contributed by atoms with Gasteiger partial charge in [-0.15, -0.1) is 0 Å². The number of nitrogens with one attached hydrogen (secondary N) is 1. The first-order valence-corrected chi connectivity index (χ1v) is 7.64. The van der Waals surface area contributed by atoms with Crippen molar-refractivity contribution in [2.24, 2.45) is 5.92 Å². The third-order valence-corrected chi connectivity index (χ3v) is 4.47. The van der Waals surface area contributed by atoms with Crippen molar-refractivity contribution in [1.82, 2.24) is 5.32 Å². The lowest BCUT2D eigenvalue weighted by molar-refractivity contribution is -0.122. The third-order valence-electron chi connectivity index (χ3n) is 4.47. The van der Waals surface area contributed by atoms with Gasteiger partial charge >= 0.3 is 0 Å². The Balaban J connectivity index is 1.61. The molecule has 2 fully saturated rings. The highest BCUT2D eigenvalue weighted by molar-refractivity contribution is 5.76. The molecular weight excluding hydrogens is 210 g/mol. The van der Waals surface area contributed by atoms with E-state index < -0.39 is 0 Å². The molecule has 0 saturated heterocycles. The summed E-state index contributed by atoms with van der Waals surface area (Å²) in [5, 5.41) is 3.24. The molecule has 2 aliphatic rings. The van der Waals surface area contributed by atoms with Crippen molar-refractivity contribution < 1.29 is 4.79 Å². The van der Waals surface area contributed by atoms with Crippen LogP contribution in [0.1, 0.15) is 77.0 Å². The predicted octanol–water partition coefficient (Wildman–Crippen LogP) is 3.80. The van der Waals surface area contributed by atoms with Crippen molar-refractivity contribution in [2.45, 2.75) is 83.1 Å². The molecule has 0 aromatic rings. The lowest BCUT2D eigenvalue weighted by Crippen LogP contribution is -2.34. The molecule has 2 saturated carbocycles. The normalized spacial score (nSPS) is 23.5. The zero-order chi connectivity index (χ0) is 11.9. The van der Waals surface area contributed by atoms with E-state index in [9.17, 15) is 4.79 Å². The molecule has 98 valence electrons. The van der Waals surface area contributed by atoms with Crippen LogP contribution in [0.5, 0.6) is 0 Å². The molecule has 0 atom stereocenters. The van der Waals surface area contributed by atoms with Crippen LogP contribution in [-0.2, 0) is 4.79 Å². The molecule has 2 rings (SSSR count). The van der Waals surface area contributed by atoms with Gasteiger partial charge in [-0.05, 0) is 25.2 Å². The van der Waals surface area contributed by atoms with Crippen LogP contribution in [0.25, 0.3) is 0 Å². The maximum absolute atomic E-state index is 11.9. The standard InChI is InChI=1S/C15H27NO/c17-15(12-11-13-7-5-6-8-13)16-14-9-3-1-2-4-10-14/h13-14H,1-12H2,(H,16,17). The van der Waals surface area contributed by atoms with Gasteiger partial charge in [-0.3, -0.25) is 4.79 Å². The zero-order valence-corrected chi connectivity index (χ0v) is 11.0. The fourth-order valence-corrected chi connectivity index (χ4v) is 3.36. The van der Waals surface area contributed by atoms with E-state index in [0.717, 1.165) is 18.8 Å². The van der Waals surface area contributed by atoms with E-state index in [0.29, 0.717) is 11.9 Å². The van der Waals surface area contributed by atoms with Gasteiger partial charge in [0.15, 0.2) is 0 Å². The van der Waals surface area contributed by atoms with E-state index in [1.54, 1.807) is 0 Å². The highest BCUT2D eigenvalue weighted by Crippen LogP contribution is 2.28. The monoisotopic (exact) mass is 237 g/mol. The summed E-state index contributed by atoms with van der Waals surface area (Å²) < 4.78 is 0. The summed E-state index contributed by atoms with van der Waals surface area (Å²) in [6, 6.07) is 0.480. The quantitative estimate of drug-likeness (QED) is 0.740. The topological polar surface area (TPSA) is 29.1 Å². The van der Waals surface area contributed by atoms with E-state index in [2.05, 4.69) is 5.32 Å². The SMILES string of the molecule is O=C(CCC1CCCC1)NC1CCCCCC1. The Morgan fingerprint density at radius 3 is 2.12 bits per heavy atom. The number of carbonyl (C=O) groups is 1. The molecule has 1 N–H and O–H groups in total. The van der Waals surface area contributed by atoms with Crippen molar-refractivity contribution in [3.63, 3.8) is 0 Å². The van der Waals surface area contributed by atoms with Gasteiger partial charge in [0.1, 0.15) is 0 Å². The second-order valence-electron chi connectivity index (χ2n) is 5.95. The van der Waals surface area contributed by atoms with Gasteiger partial charge in [-0.2, -0.15) is 0 Å². The third kappa shape index (κ3) is 4.69. The van der Waals surface area contributed by atoms with E-state index in [4.69, 9.17) is 0 Å². The highest BCUT2D eigenvalue weighted by atomic mass is 16.1. The molecule has 0 unspecified atom stereocenters. The van der Waals surface area contributed by atoms with Crippen molar-refractivity contribution in [1.29, 1.82) is 0 Å². The summed E-state index contributed by atoms with van der Waals surface area (Å²) in [5.41, 5.74) is 0. The molecule has 17 heavy (non-hydrogen) atoms. The first-order chi connectivity index (χ1) is 8.34. The minimum atomic E-state index is 0.309. The molecule has 0 aromatic carbocycles. The first-order valence-electron chi connectivity index (χ1n) is 7.64. The summed E-state index contributed by atoms with van der Waals surface area (Å²) >= 11 is 0. The van der Waals surface area contributed by atoms with Gasteiger partial charge in [0.25, 0.3) is 0 Å². The Bertz CT molecular complexity index is 225. The predicted molar refractivity (Wildman–Crippen MR) is 70.8 cm³/mol. The van der Waals surface area contributed by atoms with Gasteiger partial charge < -0.3 is 5.32 Å². The molecule has 1 amide bonds. The van der Waals surface area contributed by atoms with E-state index >= 15 is 0 Å². The summed E-state index contributed by atoms with van der Waals surface area (Å²) in [6.45, 7) is 0. The van der Waals surface area contributed by atoms with Crippen LogP contribution in [0.3, 0.4) is 0 Å². The van der Waals surface area contributed by atoms with Crippen LogP contribution < -0.4 is 5.32 Å². The van der Waals surface area contributed by atoms with Crippen LogP contribution in [0.15, 0.2) is 0 Å². The minimum absolute atomic E-state index is 0.309. The fourth-order valence-electron chi connectivity index (χ4n) is 3.36. The van der Waals surface area contributed by atoms with Crippen molar-refractivity contribution in [3.05, 3.63) is 0 Å². The van der Waals surface area contributed by atoms with Crippen molar-refractivity contribution >= 4 is 5.91 Å². The van der Waals surface area contributed by atoms with Crippen LogP contribution in [0.2, 0.25) is 0 Å². The zero-order valence-electron chi connectivity index (χ0n) is 11.0.